The number of nitrogens with zero attached hydrogens (tertiary/aromatic N) is 2. The third-order valence-corrected chi connectivity index (χ3v) is 7.88. The van der Waals surface area contributed by atoms with E-state index in [0.717, 1.165) is 20.3 Å². The number of methoxy groups -OCH3 is 1. The minimum Gasteiger partial charge on any atom is -0.503 e. The number of amides is 1. The van der Waals surface area contributed by atoms with Crippen LogP contribution in [0.4, 0.5) is 5.13 Å². The molecule has 1 aliphatic rings. The fourth-order valence-corrected chi connectivity index (χ4v) is 5.91. The van der Waals surface area contributed by atoms with Crippen molar-refractivity contribution in [1.82, 2.24) is 4.98 Å². The molecule has 1 atom stereocenters. The van der Waals surface area contributed by atoms with Gasteiger partial charge < -0.3 is 14.3 Å². The summed E-state index contributed by atoms with van der Waals surface area (Å²) < 4.78 is 13.0. The number of rotatable bonds is 5. The topological polar surface area (TPSA) is 92.9 Å². The molecule has 3 heterocycles. The van der Waals surface area contributed by atoms with Crippen molar-refractivity contribution in [3.8, 4) is 5.75 Å². The second-order valence-electron chi connectivity index (χ2n) is 8.68. The summed E-state index contributed by atoms with van der Waals surface area (Å²) in [6.07, 6.45) is 0. The Morgan fingerprint density at radius 1 is 1.14 bits per heavy atom. The van der Waals surface area contributed by atoms with E-state index in [-0.39, 0.29) is 11.3 Å². The zero-order valence-electron chi connectivity index (χ0n) is 19.7. The zero-order valence-corrected chi connectivity index (χ0v) is 22.1. The molecule has 0 saturated heterocycles. The van der Waals surface area contributed by atoms with E-state index in [0.29, 0.717) is 27.4 Å². The van der Waals surface area contributed by atoms with Crippen LogP contribution in [0.1, 0.15) is 27.7 Å². The maximum atomic E-state index is 13.9. The third kappa shape index (κ3) is 3.82. The van der Waals surface area contributed by atoms with Crippen molar-refractivity contribution in [1.29, 1.82) is 0 Å². The van der Waals surface area contributed by atoms with Gasteiger partial charge in [0, 0.05) is 9.86 Å². The fraction of sp³-hybridized carbons (Fsp3) is 0.107. The van der Waals surface area contributed by atoms with Crippen LogP contribution < -0.4 is 9.64 Å². The number of aliphatic hydroxyl groups excluding tert-OH is 1. The molecule has 1 unspecified atom stereocenters. The summed E-state index contributed by atoms with van der Waals surface area (Å²) in [4.78, 5) is 33.4. The molecular formula is C28H19BrN2O5S. The molecule has 184 valence electrons. The van der Waals surface area contributed by atoms with Crippen molar-refractivity contribution in [2.24, 2.45) is 0 Å². The number of aromatic nitrogens is 1. The fourth-order valence-electron chi connectivity index (χ4n) is 4.56. The number of para-hydroxylation sites is 1. The Balaban J connectivity index is 1.51. The van der Waals surface area contributed by atoms with E-state index in [4.69, 9.17) is 9.15 Å². The van der Waals surface area contributed by atoms with E-state index in [1.165, 1.54) is 23.3 Å². The van der Waals surface area contributed by atoms with Gasteiger partial charge in [-0.2, -0.15) is 0 Å². The molecule has 9 heteroatoms. The van der Waals surface area contributed by atoms with E-state index in [1.807, 2.05) is 37.3 Å². The Morgan fingerprint density at radius 3 is 2.68 bits per heavy atom. The van der Waals surface area contributed by atoms with E-state index in [1.54, 1.807) is 36.4 Å². The van der Waals surface area contributed by atoms with Gasteiger partial charge in [0.25, 0.3) is 5.91 Å². The number of aliphatic hydroxyl groups is 1. The lowest BCUT2D eigenvalue weighted by Crippen LogP contribution is -2.30. The van der Waals surface area contributed by atoms with Gasteiger partial charge in [0.15, 0.2) is 28.0 Å². The number of fused-ring (bicyclic) bond motifs is 2. The number of thiazole rings is 1. The predicted octanol–water partition coefficient (Wildman–Crippen LogP) is 6.90. The van der Waals surface area contributed by atoms with Gasteiger partial charge in [0.2, 0.25) is 5.78 Å². The number of ketones is 1. The summed E-state index contributed by atoms with van der Waals surface area (Å²) in [7, 11) is 1.52. The molecule has 0 fully saturated rings. The number of benzene rings is 3. The monoisotopic (exact) mass is 574 g/mol. The number of Topliss-reactive ketones (excluding diaryl/α,β-unsaturated/α-hetero) is 1. The third-order valence-electron chi connectivity index (χ3n) is 6.33. The first-order chi connectivity index (χ1) is 17.9. The largest absolute Gasteiger partial charge is 0.503 e. The molecular weight excluding hydrogens is 556 g/mol. The minimum atomic E-state index is -0.898. The summed E-state index contributed by atoms with van der Waals surface area (Å²) in [6.45, 7) is 1.98. The Morgan fingerprint density at radius 2 is 1.92 bits per heavy atom. The number of furan rings is 1. The highest BCUT2D eigenvalue weighted by Crippen LogP contribution is 2.45. The van der Waals surface area contributed by atoms with Gasteiger partial charge in [-0.3, -0.25) is 14.5 Å². The summed E-state index contributed by atoms with van der Waals surface area (Å²) in [5.41, 5.74) is 2.79. The molecule has 1 N–H and O–H groups in total. The number of aryl methyl sites for hydroxylation is 1. The summed E-state index contributed by atoms with van der Waals surface area (Å²) >= 11 is 4.77. The lowest BCUT2D eigenvalue weighted by molar-refractivity contribution is -0.117. The number of anilines is 1. The molecule has 1 amide bonds. The van der Waals surface area contributed by atoms with Crippen LogP contribution in [-0.2, 0) is 4.79 Å². The molecule has 0 spiro atoms. The second-order valence-corrected chi connectivity index (χ2v) is 10.6. The molecule has 3 aromatic carbocycles. The second kappa shape index (κ2) is 8.86. The smallest absolute Gasteiger partial charge is 0.296 e. The van der Waals surface area contributed by atoms with Crippen LogP contribution in [0.2, 0.25) is 0 Å². The van der Waals surface area contributed by atoms with Crippen molar-refractivity contribution in [3.05, 3.63) is 99.4 Å². The van der Waals surface area contributed by atoms with Crippen LogP contribution >= 0.6 is 27.3 Å². The molecule has 7 nitrogen and oxygen atoms in total. The van der Waals surface area contributed by atoms with Crippen LogP contribution in [0.25, 0.3) is 21.2 Å². The molecule has 37 heavy (non-hydrogen) atoms. The number of hydrogen-bond acceptors (Lipinski definition) is 7. The Bertz CT molecular complexity index is 1750. The maximum Gasteiger partial charge on any atom is 0.296 e. The highest BCUT2D eigenvalue weighted by molar-refractivity contribution is 9.10. The van der Waals surface area contributed by atoms with Gasteiger partial charge in [-0.05, 0) is 54.4 Å². The number of hydrogen-bond donors (Lipinski definition) is 1. The maximum absolute atomic E-state index is 13.9. The van der Waals surface area contributed by atoms with Crippen LogP contribution in [0, 0.1) is 6.92 Å². The lowest BCUT2D eigenvalue weighted by Gasteiger charge is -2.24. The van der Waals surface area contributed by atoms with Gasteiger partial charge in [0.05, 0.1) is 28.9 Å². The molecule has 0 radical (unpaired) electrons. The van der Waals surface area contributed by atoms with Crippen molar-refractivity contribution >= 4 is 65.3 Å². The van der Waals surface area contributed by atoms with E-state index < -0.39 is 23.5 Å². The van der Waals surface area contributed by atoms with E-state index >= 15 is 0 Å². The van der Waals surface area contributed by atoms with E-state index in [2.05, 4.69) is 20.9 Å². The summed E-state index contributed by atoms with van der Waals surface area (Å²) in [6, 6.07) is 19.1. The first kappa shape index (κ1) is 23.4. The zero-order chi connectivity index (χ0) is 25.8. The molecule has 2 aromatic heterocycles. The minimum absolute atomic E-state index is 0.00210. The number of carbonyl (C=O) groups is 2. The highest BCUT2D eigenvalue weighted by atomic mass is 79.9. The van der Waals surface area contributed by atoms with Crippen molar-refractivity contribution in [2.75, 3.05) is 12.0 Å². The highest BCUT2D eigenvalue weighted by Gasteiger charge is 2.46. The molecule has 5 aromatic rings. The predicted molar refractivity (Wildman–Crippen MR) is 145 cm³/mol. The summed E-state index contributed by atoms with van der Waals surface area (Å²) in [5, 5.41) is 12.1. The van der Waals surface area contributed by atoms with Crippen LogP contribution in [-0.4, -0.2) is 28.9 Å². The van der Waals surface area contributed by atoms with Gasteiger partial charge >= 0.3 is 0 Å². The van der Waals surface area contributed by atoms with E-state index in [9.17, 15) is 14.7 Å². The molecule has 6 rings (SSSR count). The summed E-state index contributed by atoms with van der Waals surface area (Å²) in [5.74, 6) is -1.43. The normalized spacial score (nSPS) is 15.8. The van der Waals surface area contributed by atoms with Crippen LogP contribution in [0.5, 0.6) is 5.75 Å². The first-order valence-electron chi connectivity index (χ1n) is 11.4. The quantitative estimate of drug-likeness (QED) is 0.229. The molecule has 1 aliphatic heterocycles. The molecule has 0 bridgehead atoms. The average molecular weight is 575 g/mol. The van der Waals surface area contributed by atoms with Crippen molar-refractivity contribution < 1.29 is 23.8 Å². The lowest BCUT2D eigenvalue weighted by atomic mass is 9.95. The number of carbonyl (C=O) groups excluding carboxylic acids is 2. The standard InChI is InChI=1S/C28H19BrN2O5S/c1-14-6-11-18-21(12-14)37-28(30-18)31-23(15-7-9-17(29)10-8-15)22(25(33)27(31)34)24(32)20-13-16-4-3-5-19(35-2)26(16)36-20/h3-13,23,33H,1-2H3. The van der Waals surface area contributed by atoms with Crippen LogP contribution in [0.15, 0.2) is 87.0 Å². The molecule has 0 saturated carbocycles. The average Bonchev–Trinajstić information content (AvgIpc) is 3.58. The van der Waals surface area contributed by atoms with Gasteiger partial charge in [0.1, 0.15) is 0 Å². The van der Waals surface area contributed by atoms with Crippen molar-refractivity contribution in [3.63, 3.8) is 0 Å². The Labute approximate surface area is 223 Å². The van der Waals surface area contributed by atoms with Gasteiger partial charge in [-0.1, -0.05) is 57.6 Å². The first-order valence-corrected chi connectivity index (χ1v) is 13.0. The van der Waals surface area contributed by atoms with Crippen molar-refractivity contribution in [2.45, 2.75) is 13.0 Å². The number of halogens is 1. The Hall–Kier alpha value is -3.95. The number of ether oxygens (including phenoxy) is 1. The van der Waals surface area contributed by atoms with Gasteiger partial charge in [-0.15, -0.1) is 0 Å². The van der Waals surface area contributed by atoms with Crippen LogP contribution in [0.3, 0.4) is 0 Å². The molecule has 0 aliphatic carbocycles. The van der Waals surface area contributed by atoms with Gasteiger partial charge in [-0.25, -0.2) is 4.98 Å². The Kier molecular flexibility index (Phi) is 5.62. The SMILES string of the molecule is COc1cccc2cc(C(=O)C3=C(O)C(=O)N(c4nc5ccc(C)cc5s4)C3c3ccc(Br)cc3)oc12.